The summed E-state index contributed by atoms with van der Waals surface area (Å²) in [5, 5.41) is 3.59. The fourth-order valence-corrected chi connectivity index (χ4v) is 2.44. The lowest BCUT2D eigenvalue weighted by molar-refractivity contribution is 0.706. The Morgan fingerprint density at radius 3 is 2.21 bits per heavy atom. The van der Waals surface area contributed by atoms with Crippen LogP contribution in [0, 0.1) is 13.8 Å². The van der Waals surface area contributed by atoms with Crippen LogP contribution in [0.4, 0.5) is 5.69 Å². The number of hydrogen-bond acceptors (Lipinski definition) is 1. The van der Waals surface area contributed by atoms with E-state index in [4.69, 9.17) is 0 Å². The lowest BCUT2D eigenvalue weighted by Crippen LogP contribution is -2.16. The summed E-state index contributed by atoms with van der Waals surface area (Å²) in [5.74, 6) is 0. The van der Waals surface area contributed by atoms with Gasteiger partial charge < -0.3 is 5.32 Å². The maximum atomic E-state index is 3.59. The van der Waals surface area contributed by atoms with Gasteiger partial charge >= 0.3 is 0 Å². The van der Waals surface area contributed by atoms with Crippen molar-refractivity contribution < 1.29 is 0 Å². The molecule has 0 aliphatic heterocycles. The zero-order valence-electron chi connectivity index (χ0n) is 12.1. The summed E-state index contributed by atoms with van der Waals surface area (Å²) in [4.78, 5) is 0. The Bertz CT molecular complexity index is 496. The Balaban J connectivity index is 1.89. The number of hydrogen-bond donors (Lipinski definition) is 1. The minimum absolute atomic E-state index is 0.487. The molecule has 0 saturated carbocycles. The molecule has 0 bridgehead atoms. The van der Waals surface area contributed by atoms with Gasteiger partial charge in [0, 0.05) is 11.7 Å². The van der Waals surface area contributed by atoms with Crippen molar-refractivity contribution in [3.8, 4) is 0 Å². The van der Waals surface area contributed by atoms with Gasteiger partial charge in [-0.2, -0.15) is 0 Å². The number of rotatable bonds is 5. The van der Waals surface area contributed by atoms with Gasteiger partial charge in [0.05, 0.1) is 0 Å². The highest BCUT2D eigenvalue weighted by molar-refractivity contribution is 5.48. The molecule has 1 atom stereocenters. The van der Waals surface area contributed by atoms with Gasteiger partial charge in [0.2, 0.25) is 0 Å². The summed E-state index contributed by atoms with van der Waals surface area (Å²) >= 11 is 0. The summed E-state index contributed by atoms with van der Waals surface area (Å²) in [6.45, 7) is 6.54. The Morgan fingerprint density at radius 1 is 0.947 bits per heavy atom. The van der Waals surface area contributed by atoms with Crippen LogP contribution in [0.2, 0.25) is 0 Å². The van der Waals surface area contributed by atoms with Crippen molar-refractivity contribution in [3.63, 3.8) is 0 Å². The molecule has 0 aliphatic rings. The Hall–Kier alpha value is -1.76. The van der Waals surface area contributed by atoms with E-state index >= 15 is 0 Å². The lowest BCUT2D eigenvalue weighted by Gasteiger charge is -2.16. The molecule has 1 nitrogen and oxygen atoms in total. The summed E-state index contributed by atoms with van der Waals surface area (Å²) in [6.07, 6.45) is 2.27. The minimum Gasteiger partial charge on any atom is -0.383 e. The number of aryl methyl sites for hydroxylation is 3. The predicted octanol–water partition coefficient (Wildman–Crippen LogP) is 4.74. The molecule has 0 spiro atoms. The van der Waals surface area contributed by atoms with Crippen LogP contribution in [0.15, 0.2) is 48.5 Å². The van der Waals surface area contributed by atoms with Crippen LogP contribution >= 0.6 is 0 Å². The second-order valence-electron chi connectivity index (χ2n) is 5.45. The van der Waals surface area contributed by atoms with Gasteiger partial charge in [-0.3, -0.25) is 0 Å². The number of nitrogens with one attached hydrogen (secondary N) is 1. The highest BCUT2D eigenvalue weighted by Crippen LogP contribution is 2.16. The average molecular weight is 253 g/mol. The van der Waals surface area contributed by atoms with E-state index in [-0.39, 0.29) is 0 Å². The van der Waals surface area contributed by atoms with Crippen LogP contribution in [0.5, 0.6) is 0 Å². The first kappa shape index (κ1) is 13.7. The van der Waals surface area contributed by atoms with E-state index in [1.165, 1.54) is 22.4 Å². The largest absolute Gasteiger partial charge is 0.383 e. The summed E-state index contributed by atoms with van der Waals surface area (Å²) in [5.41, 5.74) is 5.28. The zero-order chi connectivity index (χ0) is 13.7. The summed E-state index contributed by atoms with van der Waals surface area (Å²) < 4.78 is 0. The molecule has 2 aromatic carbocycles. The maximum Gasteiger partial charge on any atom is 0.0347 e. The van der Waals surface area contributed by atoms with E-state index in [0.717, 1.165) is 12.8 Å². The second kappa shape index (κ2) is 6.42. The van der Waals surface area contributed by atoms with Gasteiger partial charge in [0.25, 0.3) is 0 Å². The molecule has 2 aromatic rings. The van der Waals surface area contributed by atoms with Gasteiger partial charge in [-0.1, -0.05) is 36.4 Å². The molecular weight excluding hydrogens is 230 g/mol. The van der Waals surface area contributed by atoms with Crippen molar-refractivity contribution in [2.45, 2.75) is 39.7 Å². The molecule has 0 saturated heterocycles. The van der Waals surface area contributed by atoms with Crippen LogP contribution in [-0.2, 0) is 6.42 Å². The molecule has 19 heavy (non-hydrogen) atoms. The molecule has 0 heterocycles. The van der Waals surface area contributed by atoms with Crippen LogP contribution in [-0.4, -0.2) is 6.04 Å². The molecule has 0 radical (unpaired) electrons. The van der Waals surface area contributed by atoms with Crippen LogP contribution in [0.1, 0.15) is 30.0 Å². The fraction of sp³-hybridized carbons (Fsp3) is 0.333. The van der Waals surface area contributed by atoms with Gasteiger partial charge in [-0.15, -0.1) is 0 Å². The van der Waals surface area contributed by atoms with Crippen molar-refractivity contribution >= 4 is 5.69 Å². The van der Waals surface area contributed by atoms with E-state index in [2.05, 4.69) is 74.6 Å². The highest BCUT2D eigenvalue weighted by atomic mass is 14.9. The molecule has 100 valence electrons. The Morgan fingerprint density at radius 2 is 1.58 bits per heavy atom. The smallest absolute Gasteiger partial charge is 0.0347 e. The minimum atomic E-state index is 0.487. The first-order valence-corrected chi connectivity index (χ1v) is 7.02. The van der Waals surface area contributed by atoms with E-state index in [0.29, 0.717) is 6.04 Å². The third kappa shape index (κ3) is 4.44. The van der Waals surface area contributed by atoms with Crippen molar-refractivity contribution in [2.75, 3.05) is 5.32 Å². The van der Waals surface area contributed by atoms with Gasteiger partial charge in [-0.05, 0) is 62.4 Å². The van der Waals surface area contributed by atoms with Gasteiger partial charge in [0.15, 0.2) is 0 Å². The molecule has 0 aromatic heterocycles. The molecule has 1 heteroatoms. The van der Waals surface area contributed by atoms with Gasteiger partial charge in [0.1, 0.15) is 0 Å². The average Bonchev–Trinajstić information content (AvgIpc) is 2.36. The normalized spacial score (nSPS) is 12.2. The molecular formula is C18H23N. The first-order valence-electron chi connectivity index (χ1n) is 7.02. The molecule has 2 rings (SSSR count). The molecule has 0 amide bonds. The Kier molecular flexibility index (Phi) is 4.62. The molecule has 0 aliphatic carbocycles. The Labute approximate surface area is 116 Å². The number of benzene rings is 2. The van der Waals surface area contributed by atoms with E-state index in [1.807, 2.05) is 0 Å². The van der Waals surface area contributed by atoms with Crippen molar-refractivity contribution in [1.82, 2.24) is 0 Å². The maximum absolute atomic E-state index is 3.59. The van der Waals surface area contributed by atoms with Gasteiger partial charge in [-0.25, -0.2) is 0 Å². The quantitative estimate of drug-likeness (QED) is 0.811. The molecule has 1 unspecified atom stereocenters. The summed E-state index contributed by atoms with van der Waals surface area (Å²) in [7, 11) is 0. The van der Waals surface area contributed by atoms with E-state index < -0.39 is 0 Å². The lowest BCUT2D eigenvalue weighted by atomic mass is 10.1. The zero-order valence-corrected chi connectivity index (χ0v) is 12.1. The van der Waals surface area contributed by atoms with Crippen LogP contribution in [0.3, 0.4) is 0 Å². The fourth-order valence-electron chi connectivity index (χ4n) is 2.44. The van der Waals surface area contributed by atoms with Crippen molar-refractivity contribution in [3.05, 3.63) is 65.2 Å². The second-order valence-corrected chi connectivity index (χ2v) is 5.45. The first-order chi connectivity index (χ1) is 9.13. The van der Waals surface area contributed by atoms with E-state index in [9.17, 15) is 0 Å². The van der Waals surface area contributed by atoms with Crippen molar-refractivity contribution in [1.29, 1.82) is 0 Å². The monoisotopic (exact) mass is 253 g/mol. The van der Waals surface area contributed by atoms with E-state index in [1.54, 1.807) is 0 Å². The SMILES string of the molecule is Cc1cc(C)cc(NC(C)CCc2ccccc2)c1. The highest BCUT2D eigenvalue weighted by Gasteiger charge is 2.03. The number of anilines is 1. The topological polar surface area (TPSA) is 12.0 Å². The summed E-state index contributed by atoms with van der Waals surface area (Å²) in [6, 6.07) is 17.8. The standard InChI is InChI=1S/C18H23N/c1-14-11-15(2)13-18(12-14)19-16(3)9-10-17-7-5-4-6-8-17/h4-8,11-13,16,19H,9-10H2,1-3H3. The van der Waals surface area contributed by atoms with Crippen molar-refractivity contribution in [2.24, 2.45) is 0 Å². The van der Waals surface area contributed by atoms with Crippen LogP contribution in [0.25, 0.3) is 0 Å². The molecule has 1 N–H and O–H groups in total. The third-order valence-electron chi connectivity index (χ3n) is 3.34. The van der Waals surface area contributed by atoms with Crippen LogP contribution < -0.4 is 5.32 Å². The third-order valence-corrected chi connectivity index (χ3v) is 3.34. The predicted molar refractivity (Wildman–Crippen MR) is 83.8 cm³/mol. The molecule has 0 fully saturated rings.